The molecule has 158 valence electrons. The van der Waals surface area contributed by atoms with Gasteiger partial charge in [0.15, 0.2) is 5.82 Å². The summed E-state index contributed by atoms with van der Waals surface area (Å²) in [4.78, 5) is 19.8. The number of aromatic amines is 1. The summed E-state index contributed by atoms with van der Waals surface area (Å²) in [6, 6.07) is 4.74. The molecule has 0 radical (unpaired) electrons. The number of halogens is 5. The number of aromatic nitrogens is 2. The highest BCUT2D eigenvalue weighted by molar-refractivity contribution is 8.00. The number of pyridine rings is 1. The minimum Gasteiger partial charge on any atom is -0.345 e. The van der Waals surface area contributed by atoms with E-state index in [0.717, 1.165) is 30.3 Å². The van der Waals surface area contributed by atoms with E-state index in [0.29, 0.717) is 23.2 Å². The standard InChI is InChI=1S/C21H12ClF4N3OS/c1-9-7-27-21-16(18(9)22)11(8-28-21)20(30)17-13(25)4-5-14(19(17)26)29-31-15-6-10(23)2-3-12(15)24/h2-8,29H,1H3,(H,27,28). The molecule has 2 aromatic carbocycles. The average molecular weight is 466 g/mol. The highest BCUT2D eigenvalue weighted by Crippen LogP contribution is 2.33. The number of carbonyl (C=O) groups is 1. The predicted octanol–water partition coefficient (Wildman–Crippen LogP) is 6.43. The number of benzene rings is 2. The number of H-pyrrole nitrogens is 1. The van der Waals surface area contributed by atoms with E-state index in [9.17, 15) is 18.0 Å². The number of aryl methyl sites for hydroxylation is 1. The number of nitrogens with one attached hydrogen (secondary N) is 2. The van der Waals surface area contributed by atoms with Crippen LogP contribution in [0, 0.1) is 30.2 Å². The van der Waals surface area contributed by atoms with Crippen LogP contribution in [0.2, 0.25) is 5.02 Å². The second-order valence-corrected chi connectivity index (χ2v) is 7.80. The third kappa shape index (κ3) is 3.86. The van der Waals surface area contributed by atoms with E-state index in [4.69, 9.17) is 11.6 Å². The fourth-order valence-electron chi connectivity index (χ4n) is 2.97. The molecule has 31 heavy (non-hydrogen) atoms. The number of fused-ring (bicyclic) bond motifs is 1. The van der Waals surface area contributed by atoms with Crippen molar-refractivity contribution in [3.8, 4) is 0 Å². The zero-order valence-electron chi connectivity index (χ0n) is 15.7. The van der Waals surface area contributed by atoms with Gasteiger partial charge in [0.05, 0.1) is 26.7 Å². The number of ketones is 1. The Morgan fingerprint density at radius 2 is 1.87 bits per heavy atom. The van der Waals surface area contributed by atoms with Gasteiger partial charge in [0.1, 0.15) is 23.1 Å². The number of hydrogen-bond donors (Lipinski definition) is 2. The third-order valence-electron chi connectivity index (χ3n) is 4.54. The van der Waals surface area contributed by atoms with Gasteiger partial charge in [0.2, 0.25) is 5.78 Å². The van der Waals surface area contributed by atoms with Crippen LogP contribution in [-0.4, -0.2) is 15.8 Å². The highest BCUT2D eigenvalue weighted by Gasteiger charge is 2.26. The quantitative estimate of drug-likeness (QED) is 0.202. The van der Waals surface area contributed by atoms with Crippen molar-refractivity contribution in [3.63, 3.8) is 0 Å². The minimum atomic E-state index is -1.18. The van der Waals surface area contributed by atoms with Crippen LogP contribution in [0.3, 0.4) is 0 Å². The summed E-state index contributed by atoms with van der Waals surface area (Å²) in [5.41, 5.74) is -0.253. The van der Waals surface area contributed by atoms with E-state index >= 15 is 4.39 Å². The smallest absolute Gasteiger partial charge is 0.201 e. The molecule has 4 aromatic rings. The zero-order chi connectivity index (χ0) is 22.3. The van der Waals surface area contributed by atoms with E-state index < -0.39 is 34.6 Å². The Labute approximate surface area is 182 Å². The SMILES string of the molecule is Cc1cnc2[nH]cc(C(=O)c3c(F)ccc(NSc4cc(F)ccc4F)c3F)c2c1Cl. The highest BCUT2D eigenvalue weighted by atomic mass is 35.5. The van der Waals surface area contributed by atoms with Crippen molar-refractivity contribution in [2.75, 3.05) is 4.72 Å². The lowest BCUT2D eigenvalue weighted by Gasteiger charge is -2.11. The maximum absolute atomic E-state index is 15.1. The first-order valence-electron chi connectivity index (χ1n) is 8.80. The van der Waals surface area contributed by atoms with Gasteiger partial charge in [0, 0.05) is 17.8 Å². The second kappa shape index (κ2) is 8.24. The monoisotopic (exact) mass is 465 g/mol. The summed E-state index contributed by atoms with van der Waals surface area (Å²) in [5, 5.41) is 0.488. The molecule has 0 fully saturated rings. The Balaban J connectivity index is 1.72. The first-order valence-corrected chi connectivity index (χ1v) is 10.00. The summed E-state index contributed by atoms with van der Waals surface area (Å²) in [7, 11) is 0. The molecule has 10 heteroatoms. The van der Waals surface area contributed by atoms with Gasteiger partial charge in [-0.2, -0.15) is 0 Å². The van der Waals surface area contributed by atoms with Crippen LogP contribution in [0.25, 0.3) is 11.0 Å². The summed E-state index contributed by atoms with van der Waals surface area (Å²) in [5.74, 6) is -4.61. The number of hydrogen-bond acceptors (Lipinski definition) is 4. The predicted molar refractivity (Wildman–Crippen MR) is 111 cm³/mol. The molecule has 0 amide bonds. The molecule has 0 aliphatic rings. The molecule has 0 atom stereocenters. The Kier molecular flexibility index (Phi) is 5.63. The van der Waals surface area contributed by atoms with Crippen LogP contribution in [0.1, 0.15) is 21.5 Å². The Hall–Kier alpha value is -3.04. The topological polar surface area (TPSA) is 57.8 Å². The van der Waals surface area contributed by atoms with Crippen molar-refractivity contribution >= 4 is 46.1 Å². The van der Waals surface area contributed by atoms with Gasteiger partial charge in [0.25, 0.3) is 0 Å². The van der Waals surface area contributed by atoms with Crippen LogP contribution in [0.15, 0.2) is 47.6 Å². The van der Waals surface area contributed by atoms with Crippen molar-refractivity contribution in [2.24, 2.45) is 0 Å². The lowest BCUT2D eigenvalue weighted by molar-refractivity contribution is 0.103. The van der Waals surface area contributed by atoms with E-state index in [2.05, 4.69) is 14.7 Å². The number of anilines is 1. The van der Waals surface area contributed by atoms with Crippen molar-refractivity contribution < 1.29 is 22.4 Å². The van der Waals surface area contributed by atoms with E-state index in [-0.39, 0.29) is 26.6 Å². The molecule has 0 spiro atoms. The fraction of sp³-hybridized carbons (Fsp3) is 0.0476. The third-order valence-corrected chi connectivity index (χ3v) is 5.88. The van der Waals surface area contributed by atoms with Crippen LogP contribution in [0.4, 0.5) is 23.2 Å². The van der Waals surface area contributed by atoms with Crippen LogP contribution < -0.4 is 4.72 Å². The van der Waals surface area contributed by atoms with E-state index in [1.54, 1.807) is 6.92 Å². The zero-order valence-corrected chi connectivity index (χ0v) is 17.3. The molecule has 0 bridgehead atoms. The fourth-order valence-corrected chi connectivity index (χ4v) is 3.92. The Morgan fingerprint density at radius 1 is 1.13 bits per heavy atom. The number of carbonyl (C=O) groups excluding carboxylic acids is 1. The van der Waals surface area contributed by atoms with Gasteiger partial charge in [-0.3, -0.25) is 4.79 Å². The van der Waals surface area contributed by atoms with Crippen molar-refractivity contribution in [1.82, 2.24) is 9.97 Å². The molecule has 2 N–H and O–H groups in total. The maximum Gasteiger partial charge on any atom is 0.201 e. The molecular weight excluding hydrogens is 454 g/mol. The van der Waals surface area contributed by atoms with Crippen LogP contribution in [-0.2, 0) is 0 Å². The first-order chi connectivity index (χ1) is 14.8. The molecule has 2 heterocycles. The summed E-state index contributed by atoms with van der Waals surface area (Å²) in [6.45, 7) is 1.69. The Morgan fingerprint density at radius 3 is 2.65 bits per heavy atom. The van der Waals surface area contributed by atoms with Crippen molar-refractivity contribution in [1.29, 1.82) is 0 Å². The lowest BCUT2D eigenvalue weighted by Crippen LogP contribution is -2.09. The van der Waals surface area contributed by atoms with Gasteiger partial charge in [-0.15, -0.1) is 0 Å². The molecule has 0 aliphatic heterocycles. The average Bonchev–Trinajstić information content (AvgIpc) is 3.17. The van der Waals surface area contributed by atoms with Gasteiger partial charge >= 0.3 is 0 Å². The number of rotatable bonds is 5. The molecule has 0 saturated heterocycles. The van der Waals surface area contributed by atoms with Gasteiger partial charge < -0.3 is 9.71 Å². The van der Waals surface area contributed by atoms with Gasteiger partial charge in [-0.05, 0) is 54.8 Å². The number of nitrogens with zero attached hydrogens (tertiary/aromatic N) is 1. The minimum absolute atomic E-state index is 0.0463. The largest absolute Gasteiger partial charge is 0.345 e. The van der Waals surface area contributed by atoms with Gasteiger partial charge in [-0.1, -0.05) is 11.6 Å². The molecule has 2 aromatic heterocycles. The molecule has 0 unspecified atom stereocenters. The summed E-state index contributed by atoms with van der Waals surface area (Å²) in [6.07, 6.45) is 2.78. The lowest BCUT2D eigenvalue weighted by atomic mass is 10.0. The summed E-state index contributed by atoms with van der Waals surface area (Å²) < 4.78 is 59.2. The summed E-state index contributed by atoms with van der Waals surface area (Å²) >= 11 is 6.86. The molecule has 0 saturated carbocycles. The molecule has 0 aliphatic carbocycles. The van der Waals surface area contributed by atoms with Gasteiger partial charge in [-0.25, -0.2) is 22.5 Å². The molecule has 4 nitrogen and oxygen atoms in total. The van der Waals surface area contributed by atoms with Crippen molar-refractivity contribution in [2.45, 2.75) is 11.8 Å². The normalized spacial score (nSPS) is 11.2. The molecule has 4 rings (SSSR count). The maximum atomic E-state index is 15.1. The van der Waals surface area contributed by atoms with Crippen LogP contribution >= 0.6 is 23.5 Å². The van der Waals surface area contributed by atoms with E-state index in [1.807, 2.05) is 0 Å². The second-order valence-electron chi connectivity index (χ2n) is 6.57. The van der Waals surface area contributed by atoms with E-state index in [1.165, 1.54) is 12.4 Å². The first kappa shape index (κ1) is 21.2. The van der Waals surface area contributed by atoms with Crippen molar-refractivity contribution in [3.05, 3.63) is 87.7 Å². The van der Waals surface area contributed by atoms with Crippen LogP contribution in [0.5, 0.6) is 0 Å². The molecular formula is C21H12ClF4N3OS. The Bertz CT molecular complexity index is 1340.